The van der Waals surface area contributed by atoms with E-state index in [2.05, 4.69) is 10.1 Å². The molecule has 0 heterocycles. The lowest BCUT2D eigenvalue weighted by Gasteiger charge is -2.16. The van der Waals surface area contributed by atoms with E-state index in [0.29, 0.717) is 18.0 Å². The summed E-state index contributed by atoms with van der Waals surface area (Å²) in [6, 6.07) is 14.9. The van der Waals surface area contributed by atoms with Crippen LogP contribution in [0.2, 0.25) is 0 Å². The van der Waals surface area contributed by atoms with Crippen LogP contribution < -0.4 is 14.8 Å². The molecule has 1 unspecified atom stereocenters. The Kier molecular flexibility index (Phi) is 7.51. The van der Waals surface area contributed by atoms with Gasteiger partial charge in [0, 0.05) is 18.3 Å². The van der Waals surface area contributed by atoms with Gasteiger partial charge in [-0.1, -0.05) is 24.3 Å². The van der Waals surface area contributed by atoms with E-state index in [9.17, 15) is 9.90 Å². The second-order valence-electron chi connectivity index (χ2n) is 5.48. The first-order valence-electron chi connectivity index (χ1n) is 8.16. The second-order valence-corrected chi connectivity index (χ2v) is 5.48. The average molecular weight is 357 g/mol. The first-order chi connectivity index (χ1) is 12.6. The molecule has 2 N–H and O–H groups in total. The lowest BCUT2D eigenvalue weighted by molar-refractivity contribution is -0.134. The Morgan fingerprint density at radius 1 is 1.15 bits per heavy atom. The molecule has 0 aromatic heterocycles. The van der Waals surface area contributed by atoms with E-state index in [1.165, 1.54) is 20.3 Å². The predicted molar refractivity (Wildman–Crippen MR) is 100 cm³/mol. The van der Waals surface area contributed by atoms with Gasteiger partial charge in [0.05, 0.1) is 14.2 Å². The van der Waals surface area contributed by atoms with Crippen molar-refractivity contribution < 1.29 is 24.1 Å². The van der Waals surface area contributed by atoms with Crippen molar-refractivity contribution in [3.8, 4) is 11.5 Å². The molecular weight excluding hydrogens is 334 g/mol. The molecule has 0 bridgehead atoms. The van der Waals surface area contributed by atoms with Crippen LogP contribution in [0.15, 0.2) is 54.6 Å². The van der Waals surface area contributed by atoms with Gasteiger partial charge >= 0.3 is 5.97 Å². The van der Waals surface area contributed by atoms with Crippen LogP contribution in [-0.2, 0) is 9.53 Å². The first kappa shape index (κ1) is 19.3. The number of para-hydroxylation sites is 1. The zero-order valence-electron chi connectivity index (χ0n) is 14.8. The Hall–Kier alpha value is -2.99. The quantitative estimate of drug-likeness (QED) is 0.531. The molecule has 138 valence electrons. The number of aliphatic hydroxyl groups is 1. The summed E-state index contributed by atoms with van der Waals surface area (Å²) in [6.45, 7) is 0.486. The molecule has 0 aliphatic rings. The van der Waals surface area contributed by atoms with E-state index in [4.69, 9.17) is 9.47 Å². The molecular formula is C20H23NO5. The van der Waals surface area contributed by atoms with E-state index < -0.39 is 12.1 Å². The van der Waals surface area contributed by atoms with Crippen LogP contribution in [0.1, 0.15) is 5.56 Å². The molecule has 2 aromatic rings. The number of ether oxygens (including phenoxy) is 3. The fraction of sp³-hybridized carbons (Fsp3) is 0.250. The highest BCUT2D eigenvalue weighted by atomic mass is 16.5. The minimum atomic E-state index is -0.682. The third-order valence-electron chi connectivity index (χ3n) is 3.55. The molecule has 6 nitrogen and oxygen atoms in total. The number of aliphatic hydroxyl groups excluding tert-OH is 1. The number of anilines is 1. The van der Waals surface area contributed by atoms with Gasteiger partial charge < -0.3 is 24.6 Å². The van der Waals surface area contributed by atoms with Gasteiger partial charge in [-0.25, -0.2) is 4.79 Å². The summed E-state index contributed by atoms with van der Waals surface area (Å²) in [4.78, 5) is 11.1. The second kappa shape index (κ2) is 10.1. The van der Waals surface area contributed by atoms with Crippen LogP contribution in [0.3, 0.4) is 0 Å². The van der Waals surface area contributed by atoms with Crippen LogP contribution in [0.4, 0.5) is 5.69 Å². The van der Waals surface area contributed by atoms with Crippen molar-refractivity contribution in [1.82, 2.24) is 0 Å². The molecule has 0 spiro atoms. The number of hydrogen-bond acceptors (Lipinski definition) is 6. The van der Waals surface area contributed by atoms with E-state index in [-0.39, 0.29) is 6.61 Å². The molecule has 2 rings (SSSR count). The number of hydrogen-bond donors (Lipinski definition) is 2. The van der Waals surface area contributed by atoms with Crippen molar-refractivity contribution in [1.29, 1.82) is 0 Å². The number of benzene rings is 2. The van der Waals surface area contributed by atoms with Gasteiger partial charge in [0.25, 0.3) is 0 Å². The number of esters is 1. The number of carbonyl (C=O) groups is 1. The zero-order chi connectivity index (χ0) is 18.8. The van der Waals surface area contributed by atoms with E-state index in [1.807, 2.05) is 30.3 Å². The molecule has 0 aliphatic heterocycles. The van der Waals surface area contributed by atoms with Crippen molar-refractivity contribution >= 4 is 17.7 Å². The van der Waals surface area contributed by atoms with Gasteiger partial charge in [0.15, 0.2) is 11.5 Å². The zero-order valence-corrected chi connectivity index (χ0v) is 14.8. The Morgan fingerprint density at radius 2 is 1.92 bits per heavy atom. The number of methoxy groups -OCH3 is 2. The Morgan fingerprint density at radius 3 is 2.62 bits per heavy atom. The van der Waals surface area contributed by atoms with Gasteiger partial charge in [-0.15, -0.1) is 0 Å². The lowest BCUT2D eigenvalue weighted by atomic mass is 10.2. The Labute approximate surface area is 153 Å². The summed E-state index contributed by atoms with van der Waals surface area (Å²) in [6.07, 6.45) is 2.27. The Balaban J connectivity index is 1.89. The van der Waals surface area contributed by atoms with Crippen molar-refractivity contribution in [2.45, 2.75) is 6.10 Å². The van der Waals surface area contributed by atoms with Gasteiger partial charge in [0.1, 0.15) is 12.7 Å². The minimum absolute atomic E-state index is 0.119. The molecule has 26 heavy (non-hydrogen) atoms. The van der Waals surface area contributed by atoms with Crippen molar-refractivity contribution in [3.63, 3.8) is 0 Å². The van der Waals surface area contributed by atoms with Crippen LogP contribution in [-0.4, -0.2) is 44.6 Å². The third-order valence-corrected chi connectivity index (χ3v) is 3.55. The van der Waals surface area contributed by atoms with Gasteiger partial charge in [-0.3, -0.25) is 0 Å². The highest BCUT2D eigenvalue weighted by Crippen LogP contribution is 2.28. The third kappa shape index (κ3) is 6.14. The van der Waals surface area contributed by atoms with E-state index >= 15 is 0 Å². The minimum Gasteiger partial charge on any atom is -0.493 e. The maximum Gasteiger partial charge on any atom is 0.330 e. The van der Waals surface area contributed by atoms with Gasteiger partial charge in [-0.2, -0.15) is 0 Å². The lowest BCUT2D eigenvalue weighted by Crippen LogP contribution is -2.26. The smallest absolute Gasteiger partial charge is 0.330 e. The molecule has 0 aliphatic carbocycles. The van der Waals surface area contributed by atoms with Crippen LogP contribution >= 0.6 is 0 Å². The van der Waals surface area contributed by atoms with E-state index in [0.717, 1.165) is 11.3 Å². The van der Waals surface area contributed by atoms with Crippen LogP contribution in [0.25, 0.3) is 6.08 Å². The molecule has 0 radical (unpaired) electrons. The van der Waals surface area contributed by atoms with Gasteiger partial charge in [0.2, 0.25) is 0 Å². The molecule has 1 atom stereocenters. The highest BCUT2D eigenvalue weighted by molar-refractivity contribution is 5.87. The SMILES string of the molecule is COC(=O)/C=C/c1ccc(OCC(O)CNc2ccccc2)c(OC)c1. The summed E-state index contributed by atoms with van der Waals surface area (Å²) in [5.41, 5.74) is 1.71. The van der Waals surface area contributed by atoms with Crippen molar-refractivity contribution in [3.05, 3.63) is 60.2 Å². The van der Waals surface area contributed by atoms with Crippen molar-refractivity contribution in [2.75, 3.05) is 32.7 Å². The van der Waals surface area contributed by atoms with Crippen LogP contribution in [0.5, 0.6) is 11.5 Å². The number of carbonyl (C=O) groups excluding carboxylic acids is 1. The van der Waals surface area contributed by atoms with Gasteiger partial charge in [-0.05, 0) is 35.9 Å². The average Bonchev–Trinajstić information content (AvgIpc) is 2.69. The monoisotopic (exact) mass is 357 g/mol. The van der Waals surface area contributed by atoms with Crippen LogP contribution in [0, 0.1) is 0 Å². The predicted octanol–water partition coefficient (Wildman–Crippen LogP) is 2.73. The molecule has 6 heteroatoms. The standard InChI is InChI=1S/C20H23NO5/c1-24-19-12-15(9-11-20(23)25-2)8-10-18(19)26-14-17(22)13-21-16-6-4-3-5-7-16/h3-12,17,21-22H,13-14H2,1-2H3/b11-9+. The summed E-state index contributed by atoms with van der Waals surface area (Å²) >= 11 is 0. The fourth-order valence-corrected chi connectivity index (χ4v) is 2.18. The molecule has 0 amide bonds. The van der Waals surface area contributed by atoms with E-state index in [1.54, 1.807) is 24.3 Å². The van der Waals surface area contributed by atoms with Crippen molar-refractivity contribution in [2.24, 2.45) is 0 Å². The molecule has 0 saturated heterocycles. The largest absolute Gasteiger partial charge is 0.493 e. The summed E-state index contributed by atoms with van der Waals surface area (Å²) in [7, 11) is 2.85. The summed E-state index contributed by atoms with van der Waals surface area (Å²) in [5, 5.41) is 13.2. The molecule has 2 aromatic carbocycles. The molecule has 0 fully saturated rings. The maximum absolute atomic E-state index is 11.1. The topological polar surface area (TPSA) is 77.0 Å². The fourth-order valence-electron chi connectivity index (χ4n) is 2.18. The maximum atomic E-state index is 11.1. The normalized spacial score (nSPS) is 11.8. The summed E-state index contributed by atoms with van der Waals surface area (Å²) < 4.78 is 15.5. The molecule has 0 saturated carbocycles. The first-order valence-corrected chi connectivity index (χ1v) is 8.16. The summed E-state index contributed by atoms with van der Waals surface area (Å²) in [5.74, 6) is 0.597. The number of rotatable bonds is 9. The Bertz CT molecular complexity index is 730. The highest BCUT2D eigenvalue weighted by Gasteiger charge is 2.09. The number of nitrogens with one attached hydrogen (secondary N) is 1.